The zero-order valence-corrected chi connectivity index (χ0v) is 11.5. The van der Waals surface area contributed by atoms with Crippen LogP contribution in [0.4, 0.5) is 0 Å². The number of ether oxygens (including phenoxy) is 1. The molecule has 0 saturated heterocycles. The van der Waals surface area contributed by atoms with Crippen LogP contribution >= 0.6 is 0 Å². The van der Waals surface area contributed by atoms with Gasteiger partial charge in [-0.2, -0.15) is 0 Å². The highest BCUT2D eigenvalue weighted by molar-refractivity contribution is 5.28. The Morgan fingerprint density at radius 1 is 1.42 bits per heavy atom. The van der Waals surface area contributed by atoms with E-state index in [4.69, 9.17) is 4.74 Å². The fraction of sp³-hybridized carbons (Fsp3) is 0.462. The maximum atomic E-state index is 5.22. The van der Waals surface area contributed by atoms with Crippen molar-refractivity contribution in [3.8, 4) is 5.75 Å². The Bertz CT molecular complexity index is 525. The van der Waals surface area contributed by atoms with E-state index >= 15 is 0 Å². The first-order valence-corrected chi connectivity index (χ1v) is 6.37. The van der Waals surface area contributed by atoms with E-state index in [9.17, 15) is 0 Å². The maximum Gasteiger partial charge on any atom is 0.168 e. The Balaban J connectivity index is 2.16. The van der Waals surface area contributed by atoms with Gasteiger partial charge in [-0.05, 0) is 41.6 Å². The quantitative estimate of drug-likeness (QED) is 0.851. The summed E-state index contributed by atoms with van der Waals surface area (Å²) in [6, 6.07) is 8.04. The number of aromatic nitrogens is 4. The van der Waals surface area contributed by atoms with Crippen LogP contribution in [0.1, 0.15) is 31.3 Å². The zero-order chi connectivity index (χ0) is 13.7. The first kappa shape index (κ1) is 13.5. The predicted octanol–water partition coefficient (Wildman–Crippen LogP) is 1.40. The van der Waals surface area contributed by atoms with E-state index in [2.05, 4.69) is 34.7 Å². The second-order valence-electron chi connectivity index (χ2n) is 4.33. The minimum Gasteiger partial charge on any atom is -0.497 e. The highest BCUT2D eigenvalue weighted by Crippen LogP contribution is 2.15. The summed E-state index contributed by atoms with van der Waals surface area (Å²) < 4.78 is 7.02. The molecular weight excluding hydrogens is 242 g/mol. The number of nitrogens with one attached hydrogen (secondary N) is 1. The molecule has 1 atom stereocenters. The third kappa shape index (κ3) is 3.29. The number of hydrogen-bond acceptors (Lipinski definition) is 5. The first-order chi connectivity index (χ1) is 9.24. The number of hydrogen-bond donors (Lipinski definition) is 1. The van der Waals surface area contributed by atoms with Crippen LogP contribution in [-0.2, 0) is 6.54 Å². The zero-order valence-electron chi connectivity index (χ0n) is 11.5. The van der Waals surface area contributed by atoms with Gasteiger partial charge < -0.3 is 10.1 Å². The lowest BCUT2D eigenvalue weighted by molar-refractivity contribution is 0.414. The summed E-state index contributed by atoms with van der Waals surface area (Å²) in [5, 5.41) is 15.2. The molecule has 6 nitrogen and oxygen atoms in total. The van der Waals surface area contributed by atoms with Crippen LogP contribution in [0.5, 0.6) is 5.75 Å². The third-order valence-electron chi connectivity index (χ3n) is 2.92. The Morgan fingerprint density at radius 3 is 3.00 bits per heavy atom. The van der Waals surface area contributed by atoms with Crippen LogP contribution in [0.2, 0.25) is 0 Å². The van der Waals surface area contributed by atoms with E-state index < -0.39 is 0 Å². The molecule has 0 fully saturated rings. The summed E-state index contributed by atoms with van der Waals surface area (Å²) in [4.78, 5) is 0. The van der Waals surface area contributed by atoms with Crippen molar-refractivity contribution in [2.24, 2.45) is 0 Å². The van der Waals surface area contributed by atoms with E-state index in [0.717, 1.165) is 23.7 Å². The van der Waals surface area contributed by atoms with E-state index in [1.807, 2.05) is 28.9 Å². The molecule has 19 heavy (non-hydrogen) atoms. The summed E-state index contributed by atoms with van der Waals surface area (Å²) in [7, 11) is 1.66. The van der Waals surface area contributed by atoms with Crippen molar-refractivity contribution in [2.45, 2.75) is 26.4 Å². The number of tetrazole rings is 1. The standard InChI is InChI=1S/C13H19N5O/c1-4-14-10(2)13-15-16-17-18(13)9-11-6-5-7-12(8-11)19-3/h5-8,10,14H,4,9H2,1-3H3. The van der Waals surface area contributed by atoms with Crippen molar-refractivity contribution in [1.82, 2.24) is 25.5 Å². The fourth-order valence-electron chi connectivity index (χ4n) is 1.98. The van der Waals surface area contributed by atoms with Gasteiger partial charge in [-0.25, -0.2) is 4.68 Å². The van der Waals surface area contributed by atoms with Gasteiger partial charge in [0.1, 0.15) is 5.75 Å². The van der Waals surface area contributed by atoms with Crippen LogP contribution in [0, 0.1) is 0 Å². The van der Waals surface area contributed by atoms with E-state index in [0.29, 0.717) is 6.54 Å². The smallest absolute Gasteiger partial charge is 0.168 e. The van der Waals surface area contributed by atoms with Crippen LogP contribution in [0.15, 0.2) is 24.3 Å². The molecule has 0 aliphatic rings. The average molecular weight is 261 g/mol. The molecule has 0 radical (unpaired) electrons. The Kier molecular flexibility index (Phi) is 4.46. The number of benzene rings is 1. The van der Waals surface area contributed by atoms with E-state index in [1.165, 1.54) is 0 Å². The molecule has 102 valence electrons. The Morgan fingerprint density at radius 2 is 2.26 bits per heavy atom. The molecule has 0 bridgehead atoms. The lowest BCUT2D eigenvalue weighted by Gasteiger charge is -2.12. The Labute approximate surface area is 112 Å². The van der Waals surface area contributed by atoms with Gasteiger partial charge in [0.2, 0.25) is 0 Å². The summed E-state index contributed by atoms with van der Waals surface area (Å²) in [5.41, 5.74) is 1.11. The molecule has 6 heteroatoms. The van der Waals surface area contributed by atoms with Crippen LogP contribution < -0.4 is 10.1 Å². The second kappa shape index (κ2) is 6.29. The summed E-state index contributed by atoms with van der Waals surface area (Å²) in [6.45, 7) is 5.63. The molecule has 1 aromatic heterocycles. The predicted molar refractivity (Wildman–Crippen MR) is 72.0 cm³/mol. The summed E-state index contributed by atoms with van der Waals surface area (Å²) in [6.07, 6.45) is 0. The molecule has 0 aliphatic heterocycles. The van der Waals surface area contributed by atoms with Crippen molar-refractivity contribution < 1.29 is 4.74 Å². The molecule has 0 spiro atoms. The van der Waals surface area contributed by atoms with Gasteiger partial charge >= 0.3 is 0 Å². The largest absolute Gasteiger partial charge is 0.497 e. The normalized spacial score (nSPS) is 12.4. The minimum atomic E-state index is 0.130. The molecule has 1 aromatic carbocycles. The maximum absolute atomic E-state index is 5.22. The lowest BCUT2D eigenvalue weighted by atomic mass is 10.2. The fourth-order valence-corrected chi connectivity index (χ4v) is 1.98. The van der Waals surface area contributed by atoms with Crippen molar-refractivity contribution in [2.75, 3.05) is 13.7 Å². The molecular formula is C13H19N5O. The van der Waals surface area contributed by atoms with Gasteiger partial charge in [0.05, 0.1) is 19.7 Å². The van der Waals surface area contributed by atoms with Crippen molar-refractivity contribution in [3.63, 3.8) is 0 Å². The minimum absolute atomic E-state index is 0.130. The van der Waals surface area contributed by atoms with Crippen LogP contribution in [-0.4, -0.2) is 33.9 Å². The molecule has 1 heterocycles. The van der Waals surface area contributed by atoms with Gasteiger partial charge in [0.25, 0.3) is 0 Å². The number of methoxy groups -OCH3 is 1. The molecule has 0 aliphatic carbocycles. The molecule has 0 amide bonds. The Hall–Kier alpha value is -1.95. The van der Waals surface area contributed by atoms with Crippen LogP contribution in [0.25, 0.3) is 0 Å². The van der Waals surface area contributed by atoms with Gasteiger partial charge in [0, 0.05) is 0 Å². The summed E-state index contributed by atoms with van der Waals surface area (Å²) >= 11 is 0. The molecule has 2 aromatic rings. The molecule has 1 N–H and O–H groups in total. The van der Waals surface area contributed by atoms with Gasteiger partial charge in [-0.15, -0.1) is 5.10 Å². The van der Waals surface area contributed by atoms with E-state index in [1.54, 1.807) is 7.11 Å². The van der Waals surface area contributed by atoms with Gasteiger partial charge in [0.15, 0.2) is 5.82 Å². The topological polar surface area (TPSA) is 64.9 Å². The highest BCUT2D eigenvalue weighted by Gasteiger charge is 2.13. The van der Waals surface area contributed by atoms with E-state index in [-0.39, 0.29) is 6.04 Å². The van der Waals surface area contributed by atoms with Crippen molar-refractivity contribution >= 4 is 0 Å². The number of nitrogens with zero attached hydrogens (tertiary/aromatic N) is 4. The van der Waals surface area contributed by atoms with Crippen LogP contribution in [0.3, 0.4) is 0 Å². The first-order valence-electron chi connectivity index (χ1n) is 6.37. The molecule has 0 saturated carbocycles. The average Bonchev–Trinajstić information content (AvgIpc) is 2.87. The third-order valence-corrected chi connectivity index (χ3v) is 2.92. The number of rotatable bonds is 6. The monoisotopic (exact) mass is 261 g/mol. The SMILES string of the molecule is CCNC(C)c1nnnn1Cc1cccc(OC)c1. The van der Waals surface area contributed by atoms with Gasteiger partial charge in [-0.3, -0.25) is 0 Å². The molecule has 2 rings (SSSR count). The lowest BCUT2D eigenvalue weighted by Crippen LogP contribution is -2.22. The second-order valence-corrected chi connectivity index (χ2v) is 4.33. The summed E-state index contributed by atoms with van der Waals surface area (Å²) in [5.74, 6) is 1.68. The molecule has 1 unspecified atom stereocenters. The highest BCUT2D eigenvalue weighted by atomic mass is 16.5. The van der Waals surface area contributed by atoms with Crippen molar-refractivity contribution in [1.29, 1.82) is 0 Å². The van der Waals surface area contributed by atoms with Crippen molar-refractivity contribution in [3.05, 3.63) is 35.7 Å². The van der Waals surface area contributed by atoms with Gasteiger partial charge in [-0.1, -0.05) is 19.1 Å².